The molecule has 0 bridgehead atoms. The molecule has 6 atom stereocenters. The van der Waals surface area contributed by atoms with E-state index in [0.29, 0.717) is 12.8 Å². The summed E-state index contributed by atoms with van der Waals surface area (Å²) in [5.74, 6) is -0.849. The molecule has 1 fully saturated rings. The number of unbranched alkanes of at least 4 members (excludes halogenated alkanes) is 26. The molecule has 0 aliphatic carbocycles. The summed E-state index contributed by atoms with van der Waals surface area (Å²) in [5.41, 5.74) is 0. The van der Waals surface area contributed by atoms with E-state index in [1.807, 2.05) is 0 Å². The molecule has 0 aromatic heterocycles. The molecule has 0 aromatic rings. The molecular weight excluding hydrogens is 749 g/mol. The van der Waals surface area contributed by atoms with Gasteiger partial charge in [0.05, 0.1) is 13.2 Å². The van der Waals surface area contributed by atoms with Crippen molar-refractivity contribution < 1.29 is 49.0 Å². The summed E-state index contributed by atoms with van der Waals surface area (Å²) in [6, 6.07) is 0. The highest BCUT2D eigenvalue weighted by molar-refractivity contribution is 5.70. The third-order valence-electron chi connectivity index (χ3n) is 11.3. The van der Waals surface area contributed by atoms with Crippen LogP contribution in [0.1, 0.15) is 219 Å². The van der Waals surface area contributed by atoms with E-state index >= 15 is 0 Å². The first-order valence-electron chi connectivity index (χ1n) is 24.4. The SMILES string of the molecule is CCCC/C=C/CCCCCCCC(=O)O[C@@H](COC(=O)CCC/C=C/CCCCCCCCCCCCCCCCCCCC)CO[C@H]1O[C@@H](CO)[C@@H](O)C(O)C1O. The molecule has 346 valence electrons. The molecular formula is C49H90O10. The fourth-order valence-corrected chi connectivity index (χ4v) is 7.41. The van der Waals surface area contributed by atoms with Crippen molar-refractivity contribution in [3.63, 3.8) is 0 Å². The monoisotopic (exact) mass is 839 g/mol. The van der Waals surface area contributed by atoms with E-state index in [0.717, 1.165) is 51.4 Å². The van der Waals surface area contributed by atoms with Crippen LogP contribution < -0.4 is 0 Å². The largest absolute Gasteiger partial charge is 0.462 e. The van der Waals surface area contributed by atoms with Gasteiger partial charge in [0.25, 0.3) is 0 Å². The molecule has 10 nitrogen and oxygen atoms in total. The van der Waals surface area contributed by atoms with E-state index in [9.17, 15) is 30.0 Å². The fraction of sp³-hybridized carbons (Fsp3) is 0.878. The van der Waals surface area contributed by atoms with Crippen molar-refractivity contribution in [1.29, 1.82) is 0 Å². The molecule has 0 saturated carbocycles. The van der Waals surface area contributed by atoms with Gasteiger partial charge in [0, 0.05) is 12.8 Å². The van der Waals surface area contributed by atoms with E-state index in [1.165, 1.54) is 128 Å². The van der Waals surface area contributed by atoms with Crippen LogP contribution in [0.4, 0.5) is 0 Å². The Labute approximate surface area is 360 Å². The van der Waals surface area contributed by atoms with Gasteiger partial charge in [0.1, 0.15) is 31.0 Å². The minimum Gasteiger partial charge on any atom is -0.462 e. The number of aliphatic hydroxyl groups excluding tert-OH is 4. The molecule has 0 amide bonds. The lowest BCUT2D eigenvalue weighted by molar-refractivity contribution is -0.305. The summed E-state index contributed by atoms with van der Waals surface area (Å²) < 4.78 is 22.1. The van der Waals surface area contributed by atoms with Crippen LogP contribution in [-0.4, -0.2) is 89.0 Å². The zero-order valence-corrected chi connectivity index (χ0v) is 37.8. The second kappa shape index (κ2) is 40.3. The van der Waals surface area contributed by atoms with Crippen molar-refractivity contribution >= 4 is 11.9 Å². The zero-order valence-electron chi connectivity index (χ0n) is 37.8. The van der Waals surface area contributed by atoms with Gasteiger partial charge in [-0.15, -0.1) is 0 Å². The highest BCUT2D eigenvalue weighted by Gasteiger charge is 2.44. The summed E-state index contributed by atoms with van der Waals surface area (Å²) in [5, 5.41) is 40.1. The summed E-state index contributed by atoms with van der Waals surface area (Å²) in [6.07, 6.45) is 37.8. The molecule has 2 unspecified atom stereocenters. The van der Waals surface area contributed by atoms with E-state index in [1.54, 1.807) is 0 Å². The maximum atomic E-state index is 12.7. The van der Waals surface area contributed by atoms with Crippen molar-refractivity contribution in [2.24, 2.45) is 0 Å². The average Bonchev–Trinajstić information content (AvgIpc) is 3.23. The van der Waals surface area contributed by atoms with Crippen LogP contribution in [0.25, 0.3) is 0 Å². The molecule has 0 aromatic carbocycles. The molecule has 1 aliphatic heterocycles. The van der Waals surface area contributed by atoms with Crippen molar-refractivity contribution in [1.82, 2.24) is 0 Å². The highest BCUT2D eigenvalue weighted by atomic mass is 16.7. The normalized spacial score (nSPS) is 20.1. The zero-order chi connectivity index (χ0) is 43.0. The summed E-state index contributed by atoms with van der Waals surface area (Å²) in [7, 11) is 0. The number of hydrogen-bond donors (Lipinski definition) is 4. The third-order valence-corrected chi connectivity index (χ3v) is 11.3. The van der Waals surface area contributed by atoms with Crippen LogP contribution in [0.15, 0.2) is 24.3 Å². The van der Waals surface area contributed by atoms with Crippen molar-refractivity contribution in [3.05, 3.63) is 24.3 Å². The summed E-state index contributed by atoms with van der Waals surface area (Å²) in [6.45, 7) is 3.37. The number of esters is 2. The first-order valence-corrected chi connectivity index (χ1v) is 24.4. The van der Waals surface area contributed by atoms with Gasteiger partial charge in [0.2, 0.25) is 0 Å². The van der Waals surface area contributed by atoms with E-state index in [2.05, 4.69) is 38.2 Å². The lowest BCUT2D eigenvalue weighted by Crippen LogP contribution is -2.59. The second-order valence-electron chi connectivity index (χ2n) is 16.9. The van der Waals surface area contributed by atoms with Gasteiger partial charge < -0.3 is 39.4 Å². The lowest BCUT2D eigenvalue weighted by atomic mass is 9.99. The van der Waals surface area contributed by atoms with Gasteiger partial charge in [-0.2, -0.15) is 0 Å². The number of carbonyl (C=O) groups excluding carboxylic acids is 2. The Bertz CT molecular complexity index is 1020. The van der Waals surface area contributed by atoms with Gasteiger partial charge in [-0.25, -0.2) is 0 Å². The Morgan fingerprint density at radius 3 is 1.42 bits per heavy atom. The molecule has 10 heteroatoms. The standard InChI is InChI=1S/C49H90O10/c1-3-5-7-9-11-13-15-16-17-18-19-20-21-22-23-24-25-26-28-29-31-33-35-37-44(51)56-40-42(41-57-49-48(55)47(54)46(53)43(39-50)59-49)58-45(52)38-36-34-32-30-27-14-12-10-8-6-4-2/h10,12,29,31,42-43,46-50,53-55H,3-9,11,13-28,30,32-41H2,1-2H3/b12-10+,31-29+/t42-,43-,46+,47?,48?,49-/m0/s1. The molecule has 1 heterocycles. The van der Waals surface area contributed by atoms with Gasteiger partial charge in [-0.1, -0.05) is 179 Å². The van der Waals surface area contributed by atoms with Crippen LogP contribution in [0, 0.1) is 0 Å². The smallest absolute Gasteiger partial charge is 0.306 e. The summed E-state index contributed by atoms with van der Waals surface area (Å²) in [4.78, 5) is 25.3. The number of aliphatic hydroxyl groups is 4. The van der Waals surface area contributed by atoms with Gasteiger partial charge >= 0.3 is 11.9 Å². The summed E-state index contributed by atoms with van der Waals surface area (Å²) >= 11 is 0. The van der Waals surface area contributed by atoms with Gasteiger partial charge in [-0.05, 0) is 51.4 Å². The number of allylic oxidation sites excluding steroid dienone is 4. The van der Waals surface area contributed by atoms with Gasteiger partial charge in [0.15, 0.2) is 12.4 Å². The Kier molecular flexibility index (Phi) is 37.7. The fourth-order valence-electron chi connectivity index (χ4n) is 7.41. The van der Waals surface area contributed by atoms with Crippen LogP contribution in [0.2, 0.25) is 0 Å². The Morgan fingerprint density at radius 1 is 0.508 bits per heavy atom. The molecule has 0 radical (unpaired) electrons. The first-order chi connectivity index (χ1) is 28.8. The topological polar surface area (TPSA) is 152 Å². The Balaban J connectivity index is 2.23. The molecule has 1 saturated heterocycles. The van der Waals surface area contributed by atoms with Crippen LogP contribution >= 0.6 is 0 Å². The highest BCUT2D eigenvalue weighted by Crippen LogP contribution is 2.23. The van der Waals surface area contributed by atoms with Crippen LogP contribution in [0.5, 0.6) is 0 Å². The maximum Gasteiger partial charge on any atom is 0.306 e. The Morgan fingerprint density at radius 2 is 0.932 bits per heavy atom. The number of hydrogen-bond acceptors (Lipinski definition) is 10. The van der Waals surface area contributed by atoms with E-state index < -0.39 is 55.4 Å². The second-order valence-corrected chi connectivity index (χ2v) is 16.9. The molecule has 59 heavy (non-hydrogen) atoms. The lowest BCUT2D eigenvalue weighted by Gasteiger charge is -2.39. The number of ether oxygens (including phenoxy) is 4. The predicted molar refractivity (Wildman–Crippen MR) is 238 cm³/mol. The van der Waals surface area contributed by atoms with Crippen LogP contribution in [0.3, 0.4) is 0 Å². The molecule has 1 aliphatic rings. The van der Waals surface area contributed by atoms with Crippen molar-refractivity contribution in [2.75, 3.05) is 19.8 Å². The minimum absolute atomic E-state index is 0.216. The third kappa shape index (κ3) is 31.7. The number of rotatable bonds is 41. The average molecular weight is 839 g/mol. The predicted octanol–water partition coefficient (Wildman–Crippen LogP) is 10.9. The van der Waals surface area contributed by atoms with Crippen molar-refractivity contribution in [2.45, 2.75) is 256 Å². The number of carbonyl (C=O) groups is 2. The quantitative estimate of drug-likeness (QED) is 0.0266. The van der Waals surface area contributed by atoms with E-state index in [4.69, 9.17) is 18.9 Å². The molecule has 0 spiro atoms. The first kappa shape index (κ1) is 55.2. The minimum atomic E-state index is -1.60. The van der Waals surface area contributed by atoms with Crippen LogP contribution in [-0.2, 0) is 28.5 Å². The molecule has 4 N–H and O–H groups in total. The molecule has 1 rings (SSSR count). The van der Waals surface area contributed by atoms with E-state index in [-0.39, 0.29) is 26.1 Å². The Hall–Kier alpha value is -1.82. The van der Waals surface area contributed by atoms with Crippen molar-refractivity contribution in [3.8, 4) is 0 Å². The van der Waals surface area contributed by atoms with Gasteiger partial charge in [-0.3, -0.25) is 9.59 Å². The maximum absolute atomic E-state index is 12.7.